The Morgan fingerprint density at radius 1 is 1.29 bits per heavy atom. The van der Waals surface area contributed by atoms with Gasteiger partial charge in [0, 0.05) is 18.9 Å². The van der Waals surface area contributed by atoms with Gasteiger partial charge in [0.1, 0.15) is 0 Å². The fourth-order valence-electron chi connectivity index (χ4n) is 1.07. The van der Waals surface area contributed by atoms with Crippen LogP contribution < -0.4 is 5.32 Å². The van der Waals surface area contributed by atoms with Crippen molar-refractivity contribution in [2.24, 2.45) is 5.92 Å². The van der Waals surface area contributed by atoms with Crippen molar-refractivity contribution >= 4 is 0 Å². The van der Waals surface area contributed by atoms with Crippen molar-refractivity contribution in [3.05, 3.63) is 11.8 Å². The predicted octanol–water partition coefficient (Wildman–Crippen LogP) is 1.59. The number of likely N-dealkylation sites (N-methyl/N-ethyl adjacent to an activating group) is 1. The van der Waals surface area contributed by atoms with Crippen LogP contribution >= 0.6 is 0 Å². The molecular formula is C10H19N3O. The Balaban J connectivity index is 2.58. The van der Waals surface area contributed by atoms with Crippen LogP contribution in [0.4, 0.5) is 0 Å². The maximum Gasteiger partial charge on any atom is 0.219 e. The molecule has 4 nitrogen and oxygen atoms in total. The largest absolute Gasteiger partial charge is 0.425 e. The van der Waals surface area contributed by atoms with Crippen LogP contribution in [0, 0.1) is 5.92 Å². The lowest BCUT2D eigenvalue weighted by Gasteiger charge is -2.09. The predicted molar refractivity (Wildman–Crippen MR) is 55.2 cm³/mol. The topological polar surface area (TPSA) is 51.0 Å². The Morgan fingerprint density at radius 2 is 2.00 bits per heavy atom. The molecule has 0 saturated carbocycles. The summed E-state index contributed by atoms with van der Waals surface area (Å²) in [5.74, 6) is 2.35. The maximum absolute atomic E-state index is 5.55. The Labute approximate surface area is 85.1 Å². The number of hydrogen-bond donors (Lipinski definition) is 1. The highest BCUT2D eigenvalue weighted by Gasteiger charge is 2.16. The van der Waals surface area contributed by atoms with Crippen LogP contribution in [0.2, 0.25) is 0 Å². The van der Waals surface area contributed by atoms with Crippen molar-refractivity contribution in [3.8, 4) is 0 Å². The van der Waals surface area contributed by atoms with Crippen LogP contribution in [-0.2, 0) is 6.42 Å². The van der Waals surface area contributed by atoms with E-state index in [-0.39, 0.29) is 0 Å². The highest BCUT2D eigenvalue weighted by Crippen LogP contribution is 2.21. The lowest BCUT2D eigenvalue weighted by atomic mass is 9.98. The van der Waals surface area contributed by atoms with Gasteiger partial charge in [-0.15, -0.1) is 10.2 Å². The van der Waals surface area contributed by atoms with Crippen molar-refractivity contribution in [1.29, 1.82) is 0 Å². The molecule has 0 saturated heterocycles. The molecule has 1 unspecified atom stereocenters. The average molecular weight is 197 g/mol. The molecule has 1 aromatic rings. The number of nitrogens with zero attached hydrogens (tertiary/aromatic N) is 2. The molecule has 4 heteroatoms. The van der Waals surface area contributed by atoms with Crippen LogP contribution in [0.5, 0.6) is 0 Å². The molecule has 0 aliphatic carbocycles. The molecule has 1 heterocycles. The van der Waals surface area contributed by atoms with Gasteiger partial charge in [-0.2, -0.15) is 0 Å². The Hall–Kier alpha value is -0.900. The molecule has 1 N–H and O–H groups in total. The van der Waals surface area contributed by atoms with Crippen molar-refractivity contribution in [3.63, 3.8) is 0 Å². The van der Waals surface area contributed by atoms with Crippen molar-refractivity contribution in [2.75, 3.05) is 13.6 Å². The summed E-state index contributed by atoms with van der Waals surface area (Å²) >= 11 is 0. The Kier molecular flexibility index (Phi) is 4.07. The molecule has 1 atom stereocenters. The van der Waals surface area contributed by atoms with Gasteiger partial charge in [0.25, 0.3) is 0 Å². The molecule has 1 aromatic heterocycles. The Bertz CT molecular complexity index is 270. The number of rotatable bonds is 5. The van der Waals surface area contributed by atoms with Crippen LogP contribution in [0.15, 0.2) is 4.42 Å². The van der Waals surface area contributed by atoms with Gasteiger partial charge in [-0.3, -0.25) is 0 Å². The fraction of sp³-hybridized carbons (Fsp3) is 0.800. The van der Waals surface area contributed by atoms with E-state index in [4.69, 9.17) is 4.42 Å². The second-order valence-electron chi connectivity index (χ2n) is 3.92. The minimum atomic E-state index is 0.339. The average Bonchev–Trinajstić information content (AvgIpc) is 2.61. The van der Waals surface area contributed by atoms with Crippen LogP contribution in [0.3, 0.4) is 0 Å². The first-order valence-electron chi connectivity index (χ1n) is 5.12. The van der Waals surface area contributed by atoms with E-state index >= 15 is 0 Å². The SMILES string of the molecule is CNCCc1nnc(C(C)C(C)C)o1. The molecule has 0 aromatic carbocycles. The molecule has 0 bridgehead atoms. The summed E-state index contributed by atoms with van der Waals surface area (Å²) in [6.07, 6.45) is 0.800. The zero-order valence-corrected chi connectivity index (χ0v) is 9.37. The maximum atomic E-state index is 5.55. The van der Waals surface area contributed by atoms with Gasteiger partial charge in [0.2, 0.25) is 11.8 Å². The second kappa shape index (κ2) is 5.10. The molecule has 80 valence electrons. The number of aromatic nitrogens is 2. The van der Waals surface area contributed by atoms with E-state index in [0.717, 1.165) is 24.7 Å². The first kappa shape index (κ1) is 11.2. The van der Waals surface area contributed by atoms with E-state index in [1.807, 2.05) is 7.05 Å². The van der Waals surface area contributed by atoms with Crippen molar-refractivity contribution in [1.82, 2.24) is 15.5 Å². The van der Waals surface area contributed by atoms with Gasteiger partial charge >= 0.3 is 0 Å². The Morgan fingerprint density at radius 3 is 2.57 bits per heavy atom. The van der Waals surface area contributed by atoms with E-state index in [1.54, 1.807) is 0 Å². The molecule has 0 aliphatic heterocycles. The van der Waals surface area contributed by atoms with E-state index in [9.17, 15) is 0 Å². The van der Waals surface area contributed by atoms with Gasteiger partial charge < -0.3 is 9.73 Å². The first-order chi connectivity index (χ1) is 6.65. The smallest absolute Gasteiger partial charge is 0.219 e. The number of nitrogens with one attached hydrogen (secondary N) is 1. The molecule has 0 fully saturated rings. The van der Waals surface area contributed by atoms with Crippen LogP contribution in [-0.4, -0.2) is 23.8 Å². The van der Waals surface area contributed by atoms with Crippen LogP contribution in [0.1, 0.15) is 38.5 Å². The molecule has 0 spiro atoms. The van der Waals surface area contributed by atoms with E-state index in [2.05, 4.69) is 36.3 Å². The molecule has 0 radical (unpaired) electrons. The normalized spacial score (nSPS) is 13.5. The minimum absolute atomic E-state index is 0.339. The van der Waals surface area contributed by atoms with Gasteiger partial charge in [0.15, 0.2) is 0 Å². The lowest BCUT2D eigenvalue weighted by Crippen LogP contribution is -2.10. The summed E-state index contributed by atoms with van der Waals surface area (Å²) in [4.78, 5) is 0. The minimum Gasteiger partial charge on any atom is -0.425 e. The molecule has 1 rings (SSSR count). The van der Waals surface area contributed by atoms with Gasteiger partial charge in [-0.25, -0.2) is 0 Å². The van der Waals surface area contributed by atoms with Crippen molar-refractivity contribution in [2.45, 2.75) is 33.1 Å². The first-order valence-corrected chi connectivity index (χ1v) is 5.12. The fourth-order valence-corrected chi connectivity index (χ4v) is 1.07. The quantitative estimate of drug-likeness (QED) is 0.778. The van der Waals surface area contributed by atoms with Gasteiger partial charge in [-0.1, -0.05) is 20.8 Å². The van der Waals surface area contributed by atoms with Crippen LogP contribution in [0.25, 0.3) is 0 Å². The molecule has 0 amide bonds. The van der Waals surface area contributed by atoms with Gasteiger partial charge in [-0.05, 0) is 13.0 Å². The zero-order valence-electron chi connectivity index (χ0n) is 9.37. The monoisotopic (exact) mass is 197 g/mol. The molecular weight excluding hydrogens is 178 g/mol. The summed E-state index contributed by atoms with van der Waals surface area (Å²) < 4.78 is 5.55. The highest BCUT2D eigenvalue weighted by molar-refractivity contribution is 4.91. The third kappa shape index (κ3) is 2.80. The van der Waals surface area contributed by atoms with E-state index in [1.165, 1.54) is 0 Å². The standard InChI is InChI=1S/C10H19N3O/c1-7(2)8(3)10-13-12-9(14-10)5-6-11-4/h7-8,11H,5-6H2,1-4H3. The van der Waals surface area contributed by atoms with Gasteiger partial charge in [0.05, 0.1) is 0 Å². The van der Waals surface area contributed by atoms with E-state index in [0.29, 0.717) is 11.8 Å². The summed E-state index contributed by atoms with van der Waals surface area (Å²) in [7, 11) is 1.91. The molecule has 14 heavy (non-hydrogen) atoms. The summed E-state index contributed by atoms with van der Waals surface area (Å²) in [6.45, 7) is 7.29. The lowest BCUT2D eigenvalue weighted by molar-refractivity contribution is 0.379. The second-order valence-corrected chi connectivity index (χ2v) is 3.92. The summed E-state index contributed by atoms with van der Waals surface area (Å²) in [5.41, 5.74) is 0. The number of hydrogen-bond acceptors (Lipinski definition) is 4. The summed E-state index contributed by atoms with van der Waals surface area (Å²) in [5, 5.41) is 11.1. The van der Waals surface area contributed by atoms with E-state index < -0.39 is 0 Å². The third-order valence-electron chi connectivity index (χ3n) is 2.46. The molecule has 0 aliphatic rings. The third-order valence-corrected chi connectivity index (χ3v) is 2.46. The van der Waals surface area contributed by atoms with Crippen molar-refractivity contribution < 1.29 is 4.42 Å². The highest BCUT2D eigenvalue weighted by atomic mass is 16.4. The summed E-state index contributed by atoms with van der Waals surface area (Å²) in [6, 6.07) is 0. The zero-order chi connectivity index (χ0) is 10.6.